The fraction of sp³-hybridized carbons (Fsp3) is 0.900. The molecule has 3 fully saturated rings. The normalized spacial score (nSPS) is 55.1. The molecular weight excluding hydrogens is 272 g/mol. The minimum atomic E-state index is -0.528. The zero-order valence-electron chi connectivity index (χ0n) is 14.7. The molecule has 0 aromatic carbocycles. The first kappa shape index (κ1) is 16.5. The lowest BCUT2D eigenvalue weighted by Crippen LogP contribution is -2.62. The average molecular weight is 306 g/mol. The molecule has 2 nitrogen and oxygen atoms in total. The Morgan fingerprint density at radius 3 is 2.36 bits per heavy atom. The van der Waals surface area contributed by atoms with Gasteiger partial charge >= 0.3 is 0 Å². The summed E-state index contributed by atoms with van der Waals surface area (Å²) >= 11 is 0. The van der Waals surface area contributed by atoms with E-state index in [1.54, 1.807) is 0 Å². The van der Waals surface area contributed by atoms with E-state index in [0.717, 1.165) is 38.5 Å². The molecule has 0 aromatic rings. The number of aliphatic hydroxyl groups excluding tert-OH is 1. The lowest BCUT2D eigenvalue weighted by atomic mass is 9.42. The van der Waals surface area contributed by atoms with Crippen molar-refractivity contribution in [2.24, 2.45) is 28.1 Å². The SMILES string of the molecule is C=C[C@@]1(C)CC[C@H]2[C@](O)(CCC3[C@](C)(CO)CCC[C@@]32C)C1. The number of aliphatic hydroxyl groups is 2. The summed E-state index contributed by atoms with van der Waals surface area (Å²) in [6.07, 6.45) is 10.7. The van der Waals surface area contributed by atoms with E-state index in [0.29, 0.717) is 18.4 Å². The maximum absolute atomic E-state index is 11.5. The second kappa shape index (κ2) is 5.08. The van der Waals surface area contributed by atoms with Gasteiger partial charge in [-0.3, -0.25) is 0 Å². The Labute approximate surface area is 136 Å². The zero-order valence-corrected chi connectivity index (χ0v) is 14.7. The van der Waals surface area contributed by atoms with E-state index >= 15 is 0 Å². The fourth-order valence-electron chi connectivity index (χ4n) is 6.73. The standard InChI is InChI=1S/C20H34O2/c1-5-17(2)11-7-16-19(4)10-6-9-18(3,14-21)15(19)8-12-20(16,22)13-17/h5,15-16,21-22H,1,6-14H2,2-4H3/t15?,16-,17+,18+,19+,20+/m1/s1. The molecule has 6 atom stereocenters. The van der Waals surface area contributed by atoms with Gasteiger partial charge < -0.3 is 10.2 Å². The van der Waals surface area contributed by atoms with Crippen molar-refractivity contribution in [2.75, 3.05) is 6.61 Å². The minimum absolute atomic E-state index is 0.0491. The highest BCUT2D eigenvalue weighted by atomic mass is 16.3. The second-order valence-electron chi connectivity index (χ2n) is 9.49. The maximum Gasteiger partial charge on any atom is 0.0689 e. The molecule has 0 amide bonds. The van der Waals surface area contributed by atoms with Crippen molar-refractivity contribution in [2.45, 2.75) is 77.7 Å². The molecule has 0 spiro atoms. The molecule has 3 rings (SSSR count). The van der Waals surface area contributed by atoms with Gasteiger partial charge in [-0.25, -0.2) is 0 Å². The largest absolute Gasteiger partial charge is 0.396 e. The first-order valence-corrected chi connectivity index (χ1v) is 9.18. The van der Waals surface area contributed by atoms with Crippen LogP contribution in [0.5, 0.6) is 0 Å². The number of hydrogen-bond acceptors (Lipinski definition) is 2. The quantitative estimate of drug-likeness (QED) is 0.746. The molecule has 3 aliphatic rings. The van der Waals surface area contributed by atoms with Crippen LogP contribution < -0.4 is 0 Å². The lowest BCUT2D eigenvalue weighted by molar-refractivity contribution is -0.210. The van der Waals surface area contributed by atoms with Gasteiger partial charge in [0.05, 0.1) is 5.60 Å². The highest BCUT2D eigenvalue weighted by molar-refractivity contribution is 5.14. The Morgan fingerprint density at radius 1 is 1.05 bits per heavy atom. The maximum atomic E-state index is 11.5. The lowest BCUT2D eigenvalue weighted by Gasteiger charge is -2.64. The van der Waals surface area contributed by atoms with Gasteiger partial charge in [-0.15, -0.1) is 6.58 Å². The summed E-state index contributed by atoms with van der Waals surface area (Å²) in [4.78, 5) is 0. The van der Waals surface area contributed by atoms with Crippen molar-refractivity contribution in [3.8, 4) is 0 Å². The summed E-state index contributed by atoms with van der Waals surface area (Å²) in [5.41, 5.74) is -0.206. The van der Waals surface area contributed by atoms with Crippen molar-refractivity contribution < 1.29 is 10.2 Å². The van der Waals surface area contributed by atoms with Crippen LogP contribution in [0.4, 0.5) is 0 Å². The van der Waals surface area contributed by atoms with Crippen LogP contribution in [-0.4, -0.2) is 22.4 Å². The third-order valence-corrected chi connectivity index (χ3v) is 7.98. The van der Waals surface area contributed by atoms with Crippen molar-refractivity contribution in [1.82, 2.24) is 0 Å². The van der Waals surface area contributed by atoms with E-state index in [4.69, 9.17) is 0 Å². The molecule has 3 saturated carbocycles. The topological polar surface area (TPSA) is 40.5 Å². The minimum Gasteiger partial charge on any atom is -0.396 e. The zero-order chi connectivity index (χ0) is 16.2. The van der Waals surface area contributed by atoms with Crippen LogP contribution in [0.25, 0.3) is 0 Å². The molecule has 0 heterocycles. The first-order chi connectivity index (χ1) is 10.2. The van der Waals surface area contributed by atoms with Gasteiger partial charge in [-0.05, 0) is 73.0 Å². The number of allylic oxidation sites excluding steroid dienone is 1. The molecule has 0 aliphatic heterocycles. The Kier molecular flexibility index (Phi) is 3.81. The van der Waals surface area contributed by atoms with Crippen LogP contribution >= 0.6 is 0 Å². The molecular formula is C20H34O2. The molecule has 3 aliphatic carbocycles. The van der Waals surface area contributed by atoms with Crippen LogP contribution in [0.15, 0.2) is 12.7 Å². The molecule has 0 radical (unpaired) electrons. The third kappa shape index (κ3) is 2.21. The molecule has 2 N–H and O–H groups in total. The van der Waals surface area contributed by atoms with E-state index in [1.165, 1.54) is 12.8 Å². The van der Waals surface area contributed by atoms with Crippen LogP contribution in [0, 0.1) is 28.1 Å². The predicted molar refractivity (Wildman–Crippen MR) is 90.5 cm³/mol. The van der Waals surface area contributed by atoms with Crippen LogP contribution in [-0.2, 0) is 0 Å². The van der Waals surface area contributed by atoms with Crippen molar-refractivity contribution in [1.29, 1.82) is 0 Å². The fourth-order valence-corrected chi connectivity index (χ4v) is 6.73. The Morgan fingerprint density at radius 2 is 1.73 bits per heavy atom. The molecule has 126 valence electrons. The number of hydrogen-bond donors (Lipinski definition) is 2. The van der Waals surface area contributed by atoms with Gasteiger partial charge in [0.1, 0.15) is 0 Å². The van der Waals surface area contributed by atoms with Gasteiger partial charge in [0.2, 0.25) is 0 Å². The van der Waals surface area contributed by atoms with Gasteiger partial charge in [0.25, 0.3) is 0 Å². The number of fused-ring (bicyclic) bond motifs is 3. The van der Waals surface area contributed by atoms with E-state index < -0.39 is 5.60 Å². The third-order valence-electron chi connectivity index (χ3n) is 7.98. The molecule has 0 saturated heterocycles. The van der Waals surface area contributed by atoms with Crippen molar-refractivity contribution in [3.05, 3.63) is 12.7 Å². The van der Waals surface area contributed by atoms with Gasteiger partial charge in [-0.1, -0.05) is 33.3 Å². The molecule has 22 heavy (non-hydrogen) atoms. The summed E-state index contributed by atoms with van der Waals surface area (Å²) in [7, 11) is 0. The van der Waals surface area contributed by atoms with E-state index in [-0.39, 0.29) is 16.2 Å². The smallest absolute Gasteiger partial charge is 0.0689 e. The molecule has 1 unspecified atom stereocenters. The summed E-state index contributed by atoms with van der Waals surface area (Å²) in [5.74, 6) is 0.940. The Bertz CT molecular complexity index is 461. The van der Waals surface area contributed by atoms with Crippen molar-refractivity contribution in [3.63, 3.8) is 0 Å². The van der Waals surface area contributed by atoms with Crippen LogP contribution in [0.3, 0.4) is 0 Å². The van der Waals surface area contributed by atoms with Gasteiger partial charge in [0, 0.05) is 6.61 Å². The first-order valence-electron chi connectivity index (χ1n) is 9.18. The van der Waals surface area contributed by atoms with Crippen LogP contribution in [0.2, 0.25) is 0 Å². The highest BCUT2D eigenvalue weighted by Crippen LogP contribution is 2.66. The van der Waals surface area contributed by atoms with Gasteiger partial charge in [0.15, 0.2) is 0 Å². The van der Waals surface area contributed by atoms with Crippen molar-refractivity contribution >= 4 is 0 Å². The van der Waals surface area contributed by atoms with Gasteiger partial charge in [-0.2, -0.15) is 0 Å². The molecule has 0 aromatic heterocycles. The second-order valence-corrected chi connectivity index (χ2v) is 9.49. The summed E-state index contributed by atoms with van der Waals surface area (Å²) in [6, 6.07) is 0. The molecule has 0 bridgehead atoms. The average Bonchev–Trinajstić information content (AvgIpc) is 2.46. The Hall–Kier alpha value is -0.340. The van der Waals surface area contributed by atoms with E-state index in [2.05, 4.69) is 33.4 Å². The Balaban J connectivity index is 1.94. The summed E-state index contributed by atoms with van der Waals surface area (Å²) in [6.45, 7) is 11.2. The number of rotatable bonds is 2. The predicted octanol–water partition coefficient (Wildman–Crippen LogP) is 4.31. The van der Waals surface area contributed by atoms with E-state index in [1.807, 2.05) is 0 Å². The van der Waals surface area contributed by atoms with E-state index in [9.17, 15) is 10.2 Å². The summed E-state index contributed by atoms with van der Waals surface area (Å²) < 4.78 is 0. The molecule has 2 heteroatoms. The van der Waals surface area contributed by atoms with Crippen LogP contribution in [0.1, 0.15) is 72.1 Å². The monoisotopic (exact) mass is 306 g/mol. The summed E-state index contributed by atoms with van der Waals surface area (Å²) in [5, 5.41) is 21.5. The highest BCUT2D eigenvalue weighted by Gasteiger charge is 2.62.